The smallest absolute Gasteiger partial charge is 0.308 e. The molecule has 3 nitrogen and oxygen atoms in total. The van der Waals surface area contributed by atoms with Gasteiger partial charge < -0.3 is 9.47 Å². The molecule has 16 heavy (non-hydrogen) atoms. The maximum absolute atomic E-state index is 11.0. The standard InChI is InChI=1S/C13H18O3/c1-9(14)16-11-8-6-7-10(15-5)12(11)13(2,3)4/h6-8H,1-5H3. The molecule has 0 saturated carbocycles. The lowest BCUT2D eigenvalue weighted by Gasteiger charge is -2.24. The Kier molecular flexibility index (Phi) is 3.58. The van der Waals surface area contributed by atoms with E-state index < -0.39 is 0 Å². The Balaban J connectivity index is 3.32. The zero-order valence-corrected chi connectivity index (χ0v) is 10.5. The average molecular weight is 222 g/mol. The lowest BCUT2D eigenvalue weighted by molar-refractivity contribution is -0.131. The summed E-state index contributed by atoms with van der Waals surface area (Å²) in [6.45, 7) is 7.56. The number of methoxy groups -OCH3 is 1. The van der Waals surface area contributed by atoms with E-state index in [4.69, 9.17) is 9.47 Å². The second kappa shape index (κ2) is 4.56. The van der Waals surface area contributed by atoms with Crippen LogP contribution in [0.25, 0.3) is 0 Å². The topological polar surface area (TPSA) is 35.5 Å². The van der Waals surface area contributed by atoms with Crippen LogP contribution in [0.4, 0.5) is 0 Å². The van der Waals surface area contributed by atoms with Crippen molar-refractivity contribution in [2.24, 2.45) is 0 Å². The largest absolute Gasteiger partial charge is 0.496 e. The van der Waals surface area contributed by atoms with Crippen LogP contribution in [0.3, 0.4) is 0 Å². The van der Waals surface area contributed by atoms with Crippen molar-refractivity contribution in [2.45, 2.75) is 33.1 Å². The van der Waals surface area contributed by atoms with Crippen molar-refractivity contribution in [3.8, 4) is 11.5 Å². The van der Waals surface area contributed by atoms with Gasteiger partial charge in [0.05, 0.1) is 7.11 Å². The van der Waals surface area contributed by atoms with E-state index in [1.807, 2.05) is 12.1 Å². The molecule has 0 amide bonds. The van der Waals surface area contributed by atoms with E-state index in [2.05, 4.69) is 20.8 Å². The Morgan fingerprint density at radius 3 is 2.19 bits per heavy atom. The molecule has 0 bridgehead atoms. The summed E-state index contributed by atoms with van der Waals surface area (Å²) >= 11 is 0. The normalized spacial score (nSPS) is 11.1. The van der Waals surface area contributed by atoms with Crippen molar-refractivity contribution in [2.75, 3.05) is 7.11 Å². The van der Waals surface area contributed by atoms with Crippen LogP contribution in [-0.2, 0) is 10.2 Å². The predicted octanol–water partition coefficient (Wildman–Crippen LogP) is 2.92. The fourth-order valence-electron chi connectivity index (χ4n) is 1.66. The van der Waals surface area contributed by atoms with Gasteiger partial charge in [-0.05, 0) is 17.5 Å². The third kappa shape index (κ3) is 2.75. The summed E-state index contributed by atoms with van der Waals surface area (Å²) in [5, 5.41) is 0. The molecule has 0 heterocycles. The van der Waals surface area contributed by atoms with Gasteiger partial charge in [0.15, 0.2) is 0 Å². The van der Waals surface area contributed by atoms with E-state index in [-0.39, 0.29) is 11.4 Å². The van der Waals surface area contributed by atoms with Gasteiger partial charge in [0.2, 0.25) is 0 Å². The number of hydrogen-bond donors (Lipinski definition) is 0. The quantitative estimate of drug-likeness (QED) is 0.570. The molecular formula is C13H18O3. The molecule has 0 spiro atoms. The van der Waals surface area contributed by atoms with E-state index in [0.717, 1.165) is 11.3 Å². The lowest BCUT2D eigenvalue weighted by atomic mass is 9.85. The van der Waals surface area contributed by atoms with Crippen LogP contribution in [0.1, 0.15) is 33.3 Å². The number of ether oxygens (including phenoxy) is 2. The van der Waals surface area contributed by atoms with Gasteiger partial charge in [-0.3, -0.25) is 4.79 Å². The molecule has 1 aromatic carbocycles. The van der Waals surface area contributed by atoms with E-state index in [1.54, 1.807) is 13.2 Å². The first-order chi connectivity index (χ1) is 7.36. The molecule has 0 saturated heterocycles. The molecule has 0 aromatic heterocycles. The van der Waals surface area contributed by atoms with Gasteiger partial charge in [-0.15, -0.1) is 0 Å². The fourth-order valence-corrected chi connectivity index (χ4v) is 1.66. The van der Waals surface area contributed by atoms with Crippen molar-refractivity contribution in [3.05, 3.63) is 23.8 Å². The maximum Gasteiger partial charge on any atom is 0.308 e. The number of rotatable bonds is 2. The summed E-state index contributed by atoms with van der Waals surface area (Å²) in [7, 11) is 1.61. The third-order valence-corrected chi connectivity index (χ3v) is 2.21. The second-order valence-corrected chi connectivity index (χ2v) is 4.68. The van der Waals surface area contributed by atoms with Gasteiger partial charge in [0, 0.05) is 12.5 Å². The van der Waals surface area contributed by atoms with Crippen LogP contribution in [0.15, 0.2) is 18.2 Å². The molecular weight excluding hydrogens is 204 g/mol. The van der Waals surface area contributed by atoms with Crippen molar-refractivity contribution in [3.63, 3.8) is 0 Å². The van der Waals surface area contributed by atoms with Crippen LogP contribution in [0.2, 0.25) is 0 Å². The second-order valence-electron chi connectivity index (χ2n) is 4.68. The van der Waals surface area contributed by atoms with E-state index >= 15 is 0 Å². The third-order valence-electron chi connectivity index (χ3n) is 2.21. The first-order valence-electron chi connectivity index (χ1n) is 5.22. The summed E-state index contributed by atoms with van der Waals surface area (Å²) in [4.78, 5) is 11.0. The minimum absolute atomic E-state index is 0.141. The Morgan fingerprint density at radius 1 is 1.19 bits per heavy atom. The minimum Gasteiger partial charge on any atom is -0.496 e. The lowest BCUT2D eigenvalue weighted by Crippen LogP contribution is -2.16. The Hall–Kier alpha value is -1.51. The van der Waals surface area contributed by atoms with Gasteiger partial charge in [-0.2, -0.15) is 0 Å². The van der Waals surface area contributed by atoms with Gasteiger partial charge in [-0.1, -0.05) is 26.8 Å². The zero-order valence-electron chi connectivity index (χ0n) is 10.5. The molecule has 0 radical (unpaired) electrons. The maximum atomic E-state index is 11.0. The fraction of sp³-hybridized carbons (Fsp3) is 0.462. The van der Waals surface area contributed by atoms with Crippen LogP contribution in [-0.4, -0.2) is 13.1 Å². The molecule has 1 rings (SSSR count). The van der Waals surface area contributed by atoms with E-state index in [1.165, 1.54) is 6.92 Å². The number of esters is 1. The monoisotopic (exact) mass is 222 g/mol. The predicted molar refractivity (Wildman–Crippen MR) is 63.0 cm³/mol. The summed E-state index contributed by atoms with van der Waals surface area (Å²) in [5.41, 5.74) is 0.768. The zero-order chi connectivity index (χ0) is 12.3. The number of carbonyl (C=O) groups is 1. The van der Waals surface area contributed by atoms with Crippen molar-refractivity contribution < 1.29 is 14.3 Å². The van der Waals surface area contributed by atoms with Crippen LogP contribution in [0.5, 0.6) is 11.5 Å². The van der Waals surface area contributed by atoms with E-state index in [0.29, 0.717) is 5.75 Å². The Morgan fingerprint density at radius 2 is 1.75 bits per heavy atom. The highest BCUT2D eigenvalue weighted by molar-refractivity contribution is 5.70. The van der Waals surface area contributed by atoms with Crippen molar-refractivity contribution in [1.29, 1.82) is 0 Å². The highest BCUT2D eigenvalue weighted by Gasteiger charge is 2.24. The molecule has 0 unspecified atom stereocenters. The minimum atomic E-state index is -0.321. The molecule has 1 aromatic rings. The summed E-state index contributed by atoms with van der Waals surface area (Å²) in [6.07, 6.45) is 0. The highest BCUT2D eigenvalue weighted by atomic mass is 16.5. The summed E-state index contributed by atoms with van der Waals surface area (Å²) in [6, 6.07) is 5.46. The molecule has 0 aliphatic heterocycles. The molecule has 0 aliphatic rings. The highest BCUT2D eigenvalue weighted by Crippen LogP contribution is 2.38. The van der Waals surface area contributed by atoms with Gasteiger partial charge in [0.1, 0.15) is 11.5 Å². The van der Waals surface area contributed by atoms with Gasteiger partial charge in [-0.25, -0.2) is 0 Å². The Labute approximate surface area is 96.4 Å². The van der Waals surface area contributed by atoms with Crippen LogP contribution in [0, 0.1) is 0 Å². The summed E-state index contributed by atoms with van der Waals surface area (Å²) in [5.74, 6) is 0.990. The molecule has 3 heteroatoms. The molecule has 0 N–H and O–H groups in total. The van der Waals surface area contributed by atoms with E-state index in [9.17, 15) is 4.79 Å². The van der Waals surface area contributed by atoms with Crippen molar-refractivity contribution in [1.82, 2.24) is 0 Å². The number of benzene rings is 1. The Bertz CT molecular complexity index is 389. The van der Waals surface area contributed by atoms with Crippen LogP contribution < -0.4 is 9.47 Å². The first-order valence-corrected chi connectivity index (χ1v) is 5.22. The average Bonchev–Trinajstić information content (AvgIpc) is 2.14. The molecule has 88 valence electrons. The SMILES string of the molecule is COc1cccc(OC(C)=O)c1C(C)(C)C. The molecule has 0 aliphatic carbocycles. The van der Waals surface area contributed by atoms with Gasteiger partial charge >= 0.3 is 5.97 Å². The number of hydrogen-bond acceptors (Lipinski definition) is 3. The number of carbonyl (C=O) groups excluding carboxylic acids is 1. The first kappa shape index (κ1) is 12.6. The van der Waals surface area contributed by atoms with Crippen molar-refractivity contribution >= 4 is 5.97 Å². The van der Waals surface area contributed by atoms with Crippen LogP contribution >= 0.6 is 0 Å². The molecule has 0 fully saturated rings. The van der Waals surface area contributed by atoms with Gasteiger partial charge in [0.25, 0.3) is 0 Å². The summed E-state index contributed by atoms with van der Waals surface area (Å²) < 4.78 is 10.5. The molecule has 0 atom stereocenters.